The van der Waals surface area contributed by atoms with Crippen LogP contribution >= 0.6 is 31.9 Å². The highest BCUT2D eigenvalue weighted by Gasteiger charge is 2.35. The van der Waals surface area contributed by atoms with Crippen molar-refractivity contribution in [3.63, 3.8) is 0 Å². The molecular formula is C28H21Br2N3O4. The van der Waals surface area contributed by atoms with E-state index in [2.05, 4.69) is 41.9 Å². The normalized spacial score (nSPS) is 15.1. The first-order valence-corrected chi connectivity index (χ1v) is 13.2. The standard InChI is InChI=1S/C28H21Br2N3O4/c29-18-8-6-16(7-9-18)23-15-22(32-33(23)24(34)12-13-25(35)36)27-26(17-4-2-1-3-5-17)20-14-19(30)10-11-21(20)31-28(27)37/h1-11,14,23H,12-13,15H2,(H,31,37)(H,35,36). The summed E-state index contributed by atoms with van der Waals surface area (Å²) in [5.41, 5.74) is 3.67. The van der Waals surface area contributed by atoms with Crippen molar-refractivity contribution in [2.24, 2.45) is 5.10 Å². The first-order chi connectivity index (χ1) is 17.8. The molecule has 1 atom stereocenters. The van der Waals surface area contributed by atoms with Crippen LogP contribution in [0.5, 0.6) is 0 Å². The Hall–Kier alpha value is -3.56. The van der Waals surface area contributed by atoms with Crippen LogP contribution in [0.15, 0.2) is 91.6 Å². The van der Waals surface area contributed by atoms with Gasteiger partial charge in [0.2, 0.25) is 5.91 Å². The summed E-state index contributed by atoms with van der Waals surface area (Å²) in [7, 11) is 0. The second kappa shape index (κ2) is 10.4. The Bertz CT molecular complexity index is 1600. The summed E-state index contributed by atoms with van der Waals surface area (Å²) in [6, 6.07) is 22.4. The number of pyridine rings is 1. The van der Waals surface area contributed by atoms with Gasteiger partial charge < -0.3 is 10.1 Å². The molecule has 0 saturated carbocycles. The van der Waals surface area contributed by atoms with Crippen molar-refractivity contribution in [1.29, 1.82) is 0 Å². The van der Waals surface area contributed by atoms with E-state index in [0.717, 1.165) is 31.0 Å². The lowest BCUT2D eigenvalue weighted by Gasteiger charge is -2.22. The summed E-state index contributed by atoms with van der Waals surface area (Å²) >= 11 is 6.98. The minimum Gasteiger partial charge on any atom is -0.481 e. The molecule has 37 heavy (non-hydrogen) atoms. The van der Waals surface area contributed by atoms with Gasteiger partial charge in [-0.15, -0.1) is 0 Å². The van der Waals surface area contributed by atoms with Gasteiger partial charge in [0.1, 0.15) is 0 Å². The Morgan fingerprint density at radius 2 is 1.65 bits per heavy atom. The van der Waals surface area contributed by atoms with Crippen LogP contribution in [0.1, 0.15) is 36.4 Å². The van der Waals surface area contributed by atoms with E-state index in [9.17, 15) is 14.4 Å². The maximum absolute atomic E-state index is 13.5. The van der Waals surface area contributed by atoms with Crippen molar-refractivity contribution in [3.05, 3.63) is 103 Å². The van der Waals surface area contributed by atoms with Crippen molar-refractivity contribution in [2.75, 3.05) is 0 Å². The summed E-state index contributed by atoms with van der Waals surface area (Å²) in [5, 5.41) is 15.9. The van der Waals surface area contributed by atoms with E-state index in [1.54, 1.807) is 0 Å². The van der Waals surface area contributed by atoms with Gasteiger partial charge in [0, 0.05) is 38.3 Å². The number of amides is 1. The fraction of sp³-hybridized carbons (Fsp3) is 0.143. The van der Waals surface area contributed by atoms with Gasteiger partial charge >= 0.3 is 5.97 Å². The number of carbonyl (C=O) groups is 2. The van der Waals surface area contributed by atoms with Crippen LogP contribution in [0.4, 0.5) is 0 Å². The van der Waals surface area contributed by atoms with Crippen molar-refractivity contribution in [1.82, 2.24) is 9.99 Å². The molecular weight excluding hydrogens is 602 g/mol. The zero-order valence-electron chi connectivity index (χ0n) is 19.4. The van der Waals surface area contributed by atoms with E-state index in [4.69, 9.17) is 5.11 Å². The third kappa shape index (κ3) is 5.14. The number of aromatic nitrogens is 1. The summed E-state index contributed by atoms with van der Waals surface area (Å²) in [6.45, 7) is 0. The van der Waals surface area contributed by atoms with Crippen molar-refractivity contribution in [3.8, 4) is 11.1 Å². The Labute approximate surface area is 229 Å². The number of carbonyl (C=O) groups excluding carboxylic acids is 1. The molecule has 0 spiro atoms. The molecule has 2 N–H and O–H groups in total. The molecule has 0 bridgehead atoms. The number of rotatable bonds is 6. The molecule has 1 aromatic heterocycles. The number of carboxylic acids is 1. The predicted molar refractivity (Wildman–Crippen MR) is 149 cm³/mol. The number of hydrogen-bond donors (Lipinski definition) is 2. The molecule has 1 aliphatic rings. The predicted octanol–water partition coefficient (Wildman–Crippen LogP) is 6.26. The van der Waals surface area contributed by atoms with E-state index >= 15 is 0 Å². The molecule has 5 rings (SSSR count). The number of halogens is 2. The van der Waals surface area contributed by atoms with Gasteiger partial charge in [-0.2, -0.15) is 5.10 Å². The molecule has 3 aromatic carbocycles. The highest BCUT2D eigenvalue weighted by molar-refractivity contribution is 9.10. The van der Waals surface area contributed by atoms with Crippen molar-refractivity contribution in [2.45, 2.75) is 25.3 Å². The lowest BCUT2D eigenvalue weighted by Crippen LogP contribution is -2.27. The first-order valence-electron chi connectivity index (χ1n) is 11.6. The van der Waals surface area contributed by atoms with Gasteiger partial charge in [0.15, 0.2) is 0 Å². The zero-order valence-corrected chi connectivity index (χ0v) is 22.6. The average Bonchev–Trinajstić information content (AvgIpc) is 3.32. The number of aliphatic carboxylic acids is 1. The fourth-order valence-corrected chi connectivity index (χ4v) is 5.23. The number of fused-ring (bicyclic) bond motifs is 1. The summed E-state index contributed by atoms with van der Waals surface area (Å²) in [4.78, 5) is 40.8. The highest BCUT2D eigenvalue weighted by atomic mass is 79.9. The van der Waals surface area contributed by atoms with Gasteiger partial charge in [-0.1, -0.05) is 74.3 Å². The maximum Gasteiger partial charge on any atom is 0.303 e. The van der Waals surface area contributed by atoms with Crippen molar-refractivity contribution < 1.29 is 14.7 Å². The molecule has 0 fully saturated rings. The van der Waals surface area contributed by atoms with Gasteiger partial charge in [-0.3, -0.25) is 14.4 Å². The van der Waals surface area contributed by atoms with Crippen LogP contribution < -0.4 is 5.56 Å². The number of carboxylic acid groups (broad SMARTS) is 1. The minimum absolute atomic E-state index is 0.189. The molecule has 1 amide bonds. The lowest BCUT2D eigenvalue weighted by molar-refractivity contribution is -0.141. The Morgan fingerprint density at radius 3 is 2.35 bits per heavy atom. The van der Waals surface area contributed by atoms with E-state index < -0.39 is 17.9 Å². The number of benzene rings is 3. The number of nitrogens with zero attached hydrogens (tertiary/aromatic N) is 2. The smallest absolute Gasteiger partial charge is 0.303 e. The average molecular weight is 623 g/mol. The Kier molecular flexibility index (Phi) is 7.08. The molecule has 1 unspecified atom stereocenters. The third-order valence-corrected chi connectivity index (χ3v) is 7.32. The van der Waals surface area contributed by atoms with Gasteiger partial charge in [-0.05, 0) is 41.5 Å². The van der Waals surface area contributed by atoms with E-state index in [-0.39, 0.29) is 18.4 Å². The maximum atomic E-state index is 13.5. The van der Waals surface area contributed by atoms with E-state index in [1.807, 2.05) is 72.8 Å². The minimum atomic E-state index is -1.06. The molecule has 2 heterocycles. The monoisotopic (exact) mass is 621 g/mol. The van der Waals surface area contributed by atoms with Gasteiger partial charge in [0.05, 0.1) is 23.7 Å². The third-order valence-electron chi connectivity index (χ3n) is 6.30. The van der Waals surface area contributed by atoms with Crippen LogP contribution in [0.3, 0.4) is 0 Å². The molecule has 7 nitrogen and oxygen atoms in total. The molecule has 0 radical (unpaired) electrons. The largest absolute Gasteiger partial charge is 0.481 e. The summed E-state index contributed by atoms with van der Waals surface area (Å²) in [6.07, 6.45) is -0.179. The molecule has 9 heteroatoms. The van der Waals surface area contributed by atoms with Crippen LogP contribution in [0, 0.1) is 0 Å². The van der Waals surface area contributed by atoms with E-state index in [1.165, 1.54) is 5.01 Å². The molecule has 1 aliphatic heterocycles. The van der Waals surface area contributed by atoms with Crippen LogP contribution in [0.25, 0.3) is 22.0 Å². The van der Waals surface area contributed by atoms with Crippen LogP contribution in [-0.4, -0.2) is 32.7 Å². The summed E-state index contributed by atoms with van der Waals surface area (Å²) < 4.78 is 1.75. The highest BCUT2D eigenvalue weighted by Crippen LogP contribution is 2.38. The number of hydrogen-bond acceptors (Lipinski definition) is 4. The number of aromatic amines is 1. The Morgan fingerprint density at radius 1 is 0.946 bits per heavy atom. The quantitative estimate of drug-likeness (QED) is 0.265. The Balaban J connectivity index is 1.69. The number of nitrogens with one attached hydrogen (secondary N) is 1. The van der Waals surface area contributed by atoms with Gasteiger partial charge in [0.25, 0.3) is 5.56 Å². The van der Waals surface area contributed by atoms with Gasteiger partial charge in [-0.25, -0.2) is 5.01 Å². The second-order valence-electron chi connectivity index (χ2n) is 8.71. The fourth-order valence-electron chi connectivity index (χ4n) is 4.61. The topological polar surface area (TPSA) is 103 Å². The molecule has 4 aromatic rings. The second-order valence-corrected chi connectivity index (χ2v) is 10.5. The van der Waals surface area contributed by atoms with Crippen LogP contribution in [0.2, 0.25) is 0 Å². The van der Waals surface area contributed by atoms with Crippen LogP contribution in [-0.2, 0) is 9.59 Å². The lowest BCUT2D eigenvalue weighted by atomic mass is 9.91. The van der Waals surface area contributed by atoms with E-state index in [0.29, 0.717) is 23.2 Å². The molecule has 0 saturated heterocycles. The SMILES string of the molecule is O=C(O)CCC(=O)N1N=C(c2c(-c3ccccc3)c3cc(Br)ccc3[nH]c2=O)CC1c1ccc(Br)cc1. The number of H-pyrrole nitrogens is 1. The number of hydrazone groups is 1. The first kappa shape index (κ1) is 25.1. The van der Waals surface area contributed by atoms with Crippen molar-refractivity contribution >= 4 is 60.4 Å². The molecule has 0 aliphatic carbocycles. The zero-order chi connectivity index (χ0) is 26.1. The summed E-state index contributed by atoms with van der Waals surface area (Å²) in [5.74, 6) is -1.47. The molecule has 186 valence electrons.